The SMILES string of the molecule is O=C(NCc1cccc(F)c1)C1(c2ccc(F)cc2)CCC1. The van der Waals surface area contributed by atoms with Crippen molar-refractivity contribution in [2.45, 2.75) is 31.2 Å². The lowest BCUT2D eigenvalue weighted by Crippen LogP contribution is -2.49. The van der Waals surface area contributed by atoms with Crippen molar-refractivity contribution in [1.29, 1.82) is 0 Å². The maximum absolute atomic E-state index is 13.2. The van der Waals surface area contributed by atoms with Gasteiger partial charge in [-0.15, -0.1) is 0 Å². The first-order valence-corrected chi connectivity index (χ1v) is 7.39. The monoisotopic (exact) mass is 301 g/mol. The van der Waals surface area contributed by atoms with Crippen molar-refractivity contribution in [3.63, 3.8) is 0 Å². The van der Waals surface area contributed by atoms with Gasteiger partial charge in [0.25, 0.3) is 0 Å². The highest BCUT2D eigenvalue weighted by molar-refractivity contribution is 5.89. The Labute approximate surface area is 128 Å². The molecule has 0 aliphatic heterocycles. The van der Waals surface area contributed by atoms with E-state index in [0.717, 1.165) is 30.4 Å². The average Bonchev–Trinajstić information content (AvgIpc) is 2.46. The van der Waals surface area contributed by atoms with Crippen molar-refractivity contribution in [3.8, 4) is 0 Å². The highest BCUT2D eigenvalue weighted by Crippen LogP contribution is 2.44. The maximum atomic E-state index is 13.2. The van der Waals surface area contributed by atoms with Gasteiger partial charge < -0.3 is 5.32 Å². The van der Waals surface area contributed by atoms with Gasteiger partial charge in [0.1, 0.15) is 11.6 Å². The Kier molecular flexibility index (Phi) is 3.92. The van der Waals surface area contributed by atoms with Gasteiger partial charge in [0, 0.05) is 6.54 Å². The van der Waals surface area contributed by atoms with Gasteiger partial charge in [0.05, 0.1) is 5.41 Å². The van der Waals surface area contributed by atoms with Gasteiger partial charge in [-0.25, -0.2) is 8.78 Å². The van der Waals surface area contributed by atoms with Crippen molar-refractivity contribution in [2.75, 3.05) is 0 Å². The summed E-state index contributed by atoms with van der Waals surface area (Å²) in [5.74, 6) is -0.698. The summed E-state index contributed by atoms with van der Waals surface area (Å²) in [4.78, 5) is 12.6. The van der Waals surface area contributed by atoms with E-state index in [-0.39, 0.29) is 17.5 Å². The second-order valence-electron chi connectivity index (χ2n) is 5.76. The molecule has 1 fully saturated rings. The van der Waals surface area contributed by atoms with Crippen LogP contribution in [0.2, 0.25) is 0 Å². The van der Waals surface area contributed by atoms with E-state index in [4.69, 9.17) is 0 Å². The molecule has 2 aromatic carbocycles. The van der Waals surface area contributed by atoms with Crippen LogP contribution in [0.5, 0.6) is 0 Å². The molecule has 0 unspecified atom stereocenters. The summed E-state index contributed by atoms with van der Waals surface area (Å²) in [7, 11) is 0. The number of carbonyl (C=O) groups is 1. The van der Waals surface area contributed by atoms with Gasteiger partial charge in [-0.05, 0) is 48.2 Å². The van der Waals surface area contributed by atoms with Crippen LogP contribution < -0.4 is 5.32 Å². The van der Waals surface area contributed by atoms with Crippen LogP contribution in [0.15, 0.2) is 48.5 Å². The smallest absolute Gasteiger partial charge is 0.230 e. The van der Waals surface area contributed by atoms with Gasteiger partial charge >= 0.3 is 0 Å². The highest BCUT2D eigenvalue weighted by Gasteiger charge is 2.45. The Morgan fingerprint density at radius 2 is 1.77 bits per heavy atom. The quantitative estimate of drug-likeness (QED) is 0.916. The molecule has 2 nitrogen and oxygen atoms in total. The Balaban J connectivity index is 1.73. The molecule has 114 valence electrons. The molecule has 0 aromatic heterocycles. The summed E-state index contributed by atoms with van der Waals surface area (Å²) < 4.78 is 26.2. The molecule has 1 aliphatic carbocycles. The number of carbonyl (C=O) groups excluding carboxylic acids is 1. The summed E-state index contributed by atoms with van der Waals surface area (Å²) in [5, 5.41) is 2.88. The van der Waals surface area contributed by atoms with Crippen LogP contribution in [0.4, 0.5) is 8.78 Å². The van der Waals surface area contributed by atoms with Gasteiger partial charge in [-0.2, -0.15) is 0 Å². The lowest BCUT2D eigenvalue weighted by Gasteiger charge is -2.40. The topological polar surface area (TPSA) is 29.1 Å². The predicted octanol–water partition coefficient (Wildman–Crippen LogP) is 3.70. The maximum Gasteiger partial charge on any atom is 0.230 e. The zero-order valence-electron chi connectivity index (χ0n) is 12.1. The lowest BCUT2D eigenvalue weighted by atomic mass is 9.64. The standard InChI is InChI=1S/C18H17F2NO/c19-15-7-5-14(6-8-15)18(9-2-10-18)17(22)21-12-13-3-1-4-16(20)11-13/h1,3-8,11H,2,9-10,12H2,(H,21,22). The molecule has 0 saturated heterocycles. The van der Waals surface area contributed by atoms with E-state index in [2.05, 4.69) is 5.32 Å². The molecule has 3 rings (SSSR count). The van der Waals surface area contributed by atoms with Crippen molar-refractivity contribution < 1.29 is 13.6 Å². The number of nitrogens with one attached hydrogen (secondary N) is 1. The molecule has 0 radical (unpaired) electrons. The summed E-state index contributed by atoms with van der Waals surface area (Å²) >= 11 is 0. The Bertz CT molecular complexity index is 678. The molecule has 1 N–H and O–H groups in total. The predicted molar refractivity (Wildman–Crippen MR) is 80.2 cm³/mol. The minimum absolute atomic E-state index is 0.0744. The van der Waals surface area contributed by atoms with Gasteiger partial charge in [0.2, 0.25) is 5.91 Å². The average molecular weight is 301 g/mol. The second-order valence-corrected chi connectivity index (χ2v) is 5.76. The zero-order chi connectivity index (χ0) is 15.6. The first-order valence-electron chi connectivity index (χ1n) is 7.39. The molecule has 0 heterocycles. The van der Waals surface area contributed by atoms with Crippen molar-refractivity contribution in [2.24, 2.45) is 0 Å². The van der Waals surface area contributed by atoms with E-state index in [9.17, 15) is 13.6 Å². The minimum Gasteiger partial charge on any atom is -0.351 e. The fraction of sp³-hybridized carbons (Fsp3) is 0.278. The van der Waals surface area contributed by atoms with Crippen LogP contribution in [-0.4, -0.2) is 5.91 Å². The molecule has 1 saturated carbocycles. The highest BCUT2D eigenvalue weighted by atomic mass is 19.1. The number of amides is 1. The van der Waals surface area contributed by atoms with E-state index in [0.29, 0.717) is 6.54 Å². The van der Waals surface area contributed by atoms with Gasteiger partial charge in [0.15, 0.2) is 0 Å². The summed E-state index contributed by atoms with van der Waals surface area (Å²) in [5.41, 5.74) is 1.000. The third-order valence-corrected chi connectivity index (χ3v) is 4.38. The van der Waals surface area contributed by atoms with E-state index in [1.54, 1.807) is 24.3 Å². The third-order valence-electron chi connectivity index (χ3n) is 4.38. The van der Waals surface area contributed by atoms with Crippen molar-refractivity contribution in [3.05, 3.63) is 71.3 Å². The molecule has 0 atom stereocenters. The zero-order valence-corrected chi connectivity index (χ0v) is 12.1. The normalized spacial score (nSPS) is 15.9. The minimum atomic E-state index is -0.568. The van der Waals surface area contributed by atoms with E-state index in [1.165, 1.54) is 24.3 Å². The second kappa shape index (κ2) is 5.87. The molecule has 22 heavy (non-hydrogen) atoms. The largest absolute Gasteiger partial charge is 0.351 e. The first-order chi connectivity index (χ1) is 10.6. The lowest BCUT2D eigenvalue weighted by molar-refractivity contribution is -0.130. The number of rotatable bonds is 4. The summed E-state index contributed by atoms with van der Waals surface area (Å²) in [6, 6.07) is 12.3. The van der Waals surface area contributed by atoms with E-state index in [1.807, 2.05) is 0 Å². The number of hydrogen-bond acceptors (Lipinski definition) is 1. The van der Waals surface area contributed by atoms with Crippen LogP contribution in [0.25, 0.3) is 0 Å². The fourth-order valence-corrected chi connectivity index (χ4v) is 2.94. The van der Waals surface area contributed by atoms with Crippen LogP contribution in [0.1, 0.15) is 30.4 Å². The fourth-order valence-electron chi connectivity index (χ4n) is 2.94. The van der Waals surface area contributed by atoms with E-state index < -0.39 is 5.41 Å². The van der Waals surface area contributed by atoms with Crippen LogP contribution >= 0.6 is 0 Å². The number of halogens is 2. The first kappa shape index (κ1) is 14.7. The Morgan fingerprint density at radius 3 is 2.36 bits per heavy atom. The Morgan fingerprint density at radius 1 is 1.05 bits per heavy atom. The van der Waals surface area contributed by atoms with Crippen LogP contribution in [-0.2, 0) is 16.8 Å². The van der Waals surface area contributed by atoms with Crippen LogP contribution in [0.3, 0.4) is 0 Å². The van der Waals surface area contributed by atoms with E-state index >= 15 is 0 Å². The molecule has 1 aliphatic rings. The molecule has 0 bridgehead atoms. The van der Waals surface area contributed by atoms with Crippen molar-refractivity contribution in [1.82, 2.24) is 5.32 Å². The number of benzene rings is 2. The number of hydrogen-bond donors (Lipinski definition) is 1. The molecule has 2 aromatic rings. The molecule has 1 amide bonds. The molecule has 0 spiro atoms. The molecule has 4 heteroatoms. The molecular formula is C18H17F2NO. The molecular weight excluding hydrogens is 284 g/mol. The third kappa shape index (κ3) is 2.73. The van der Waals surface area contributed by atoms with Crippen LogP contribution in [0, 0.1) is 11.6 Å². The van der Waals surface area contributed by atoms with Gasteiger partial charge in [-0.3, -0.25) is 4.79 Å². The van der Waals surface area contributed by atoms with Gasteiger partial charge in [-0.1, -0.05) is 30.7 Å². The van der Waals surface area contributed by atoms with Crippen molar-refractivity contribution >= 4 is 5.91 Å². The summed E-state index contributed by atoms with van der Waals surface area (Å²) in [6.07, 6.45) is 2.49. The Hall–Kier alpha value is -2.23. The summed E-state index contributed by atoms with van der Waals surface area (Å²) in [6.45, 7) is 0.291.